The molecule has 1 rings (SSSR count). The fraction of sp³-hybridized carbons (Fsp3) is 0.167. The average molecular weight is 248 g/mol. The van der Waals surface area contributed by atoms with Crippen LogP contribution in [0.3, 0.4) is 0 Å². The van der Waals surface area contributed by atoms with Crippen LogP contribution < -0.4 is 11.3 Å². The molecule has 0 aliphatic carbocycles. The summed E-state index contributed by atoms with van der Waals surface area (Å²) in [4.78, 5) is 21.5. The van der Waals surface area contributed by atoms with Gasteiger partial charge in [-0.05, 0) is 15.9 Å². The van der Waals surface area contributed by atoms with Gasteiger partial charge in [0.1, 0.15) is 11.0 Å². The summed E-state index contributed by atoms with van der Waals surface area (Å²) in [5.41, 5.74) is 4.98. The summed E-state index contributed by atoms with van der Waals surface area (Å²) >= 11 is 2.93. The van der Waals surface area contributed by atoms with Gasteiger partial charge in [-0.1, -0.05) is 0 Å². The maximum atomic E-state index is 11.2. The van der Waals surface area contributed by atoms with Crippen LogP contribution in [0.15, 0.2) is 15.5 Å². The molecular formula is C6H6BrN3O3. The van der Waals surface area contributed by atoms with Crippen LogP contribution in [0.2, 0.25) is 0 Å². The van der Waals surface area contributed by atoms with E-state index < -0.39 is 18.1 Å². The minimum absolute atomic E-state index is 0.128. The van der Waals surface area contributed by atoms with Crippen molar-refractivity contribution in [2.75, 3.05) is 5.73 Å². The van der Waals surface area contributed by atoms with Crippen LogP contribution in [0.1, 0.15) is 0 Å². The minimum Gasteiger partial charge on any atom is -0.480 e. The average Bonchev–Trinajstić information content (AvgIpc) is 2.06. The van der Waals surface area contributed by atoms with E-state index in [0.717, 1.165) is 4.68 Å². The Morgan fingerprint density at radius 1 is 1.77 bits per heavy atom. The summed E-state index contributed by atoms with van der Waals surface area (Å²) in [5, 5.41) is 12.0. The van der Waals surface area contributed by atoms with Crippen LogP contribution in [0.25, 0.3) is 0 Å². The Balaban J connectivity index is 3.19. The number of rotatable bonds is 2. The van der Waals surface area contributed by atoms with E-state index in [2.05, 4.69) is 21.0 Å². The quantitative estimate of drug-likeness (QED) is 0.746. The molecule has 0 unspecified atom stereocenters. The summed E-state index contributed by atoms with van der Waals surface area (Å²) < 4.78 is 0.937. The van der Waals surface area contributed by atoms with Gasteiger partial charge in [-0.3, -0.25) is 9.59 Å². The predicted molar refractivity (Wildman–Crippen MR) is 48.2 cm³/mol. The van der Waals surface area contributed by atoms with Gasteiger partial charge >= 0.3 is 5.97 Å². The Hall–Kier alpha value is -1.37. The molecule has 3 N–H and O–H groups in total. The van der Waals surface area contributed by atoms with E-state index in [4.69, 9.17) is 10.8 Å². The van der Waals surface area contributed by atoms with Crippen molar-refractivity contribution >= 4 is 27.6 Å². The SMILES string of the molecule is Nc1cnn(CC(=O)O)c(=O)c1Br. The Morgan fingerprint density at radius 3 is 2.92 bits per heavy atom. The van der Waals surface area contributed by atoms with E-state index in [9.17, 15) is 9.59 Å². The third-order valence-corrected chi connectivity index (χ3v) is 2.09. The molecule has 7 heteroatoms. The van der Waals surface area contributed by atoms with E-state index in [1.54, 1.807) is 0 Å². The van der Waals surface area contributed by atoms with Crippen molar-refractivity contribution in [2.45, 2.75) is 6.54 Å². The Labute approximate surface area is 81.1 Å². The van der Waals surface area contributed by atoms with Gasteiger partial charge in [-0.2, -0.15) is 5.10 Å². The number of nitrogens with zero attached hydrogens (tertiary/aromatic N) is 2. The first kappa shape index (κ1) is 9.72. The molecule has 13 heavy (non-hydrogen) atoms. The molecule has 0 atom stereocenters. The Kier molecular flexibility index (Phi) is 2.66. The number of carboxylic acids is 1. The first-order valence-corrected chi connectivity index (χ1v) is 4.04. The molecule has 1 aromatic rings. The van der Waals surface area contributed by atoms with Gasteiger partial charge in [0.2, 0.25) is 0 Å². The maximum absolute atomic E-state index is 11.2. The number of aliphatic carboxylic acids is 1. The lowest BCUT2D eigenvalue weighted by atomic mass is 10.5. The minimum atomic E-state index is -1.13. The number of nitrogens with two attached hydrogens (primary N) is 1. The zero-order chi connectivity index (χ0) is 10.0. The molecule has 0 spiro atoms. The molecule has 0 bridgehead atoms. The second-order valence-electron chi connectivity index (χ2n) is 2.27. The van der Waals surface area contributed by atoms with Crippen LogP contribution in [0, 0.1) is 0 Å². The first-order chi connectivity index (χ1) is 6.02. The summed E-state index contributed by atoms with van der Waals surface area (Å²) in [7, 11) is 0. The molecule has 6 nitrogen and oxygen atoms in total. The van der Waals surface area contributed by atoms with Crippen molar-refractivity contribution in [3.63, 3.8) is 0 Å². The molecule has 1 heterocycles. The van der Waals surface area contributed by atoms with Crippen LogP contribution in [-0.4, -0.2) is 20.9 Å². The van der Waals surface area contributed by atoms with Crippen molar-refractivity contribution < 1.29 is 9.90 Å². The van der Waals surface area contributed by atoms with Crippen molar-refractivity contribution in [3.05, 3.63) is 21.0 Å². The Bertz CT molecular complexity index is 401. The van der Waals surface area contributed by atoms with Crippen LogP contribution in [-0.2, 0) is 11.3 Å². The molecule has 0 amide bonds. The summed E-state index contributed by atoms with van der Waals surface area (Å²) in [6.45, 7) is -0.474. The molecule has 0 saturated heterocycles. The van der Waals surface area contributed by atoms with Crippen LogP contribution in [0.5, 0.6) is 0 Å². The second-order valence-corrected chi connectivity index (χ2v) is 3.06. The summed E-state index contributed by atoms with van der Waals surface area (Å²) in [6.07, 6.45) is 1.22. The highest BCUT2D eigenvalue weighted by atomic mass is 79.9. The van der Waals surface area contributed by atoms with Gasteiger partial charge in [-0.15, -0.1) is 0 Å². The summed E-state index contributed by atoms with van der Waals surface area (Å²) in [5.74, 6) is -1.13. The van der Waals surface area contributed by atoms with E-state index in [1.165, 1.54) is 6.20 Å². The Morgan fingerprint density at radius 2 is 2.38 bits per heavy atom. The van der Waals surface area contributed by atoms with Crippen LogP contribution >= 0.6 is 15.9 Å². The number of carbonyl (C=O) groups is 1. The van der Waals surface area contributed by atoms with Crippen molar-refractivity contribution in [1.29, 1.82) is 0 Å². The predicted octanol–water partition coefficient (Wildman–Crippen LogP) is -0.327. The normalized spacial score (nSPS) is 9.92. The number of hydrogen-bond acceptors (Lipinski definition) is 4. The van der Waals surface area contributed by atoms with Crippen LogP contribution in [0.4, 0.5) is 5.69 Å². The maximum Gasteiger partial charge on any atom is 0.325 e. The van der Waals surface area contributed by atoms with Crippen molar-refractivity contribution in [1.82, 2.24) is 9.78 Å². The number of aromatic nitrogens is 2. The van der Waals surface area contributed by atoms with Gasteiger partial charge in [0.15, 0.2) is 0 Å². The number of anilines is 1. The molecule has 1 aromatic heterocycles. The van der Waals surface area contributed by atoms with E-state index in [0.29, 0.717) is 0 Å². The monoisotopic (exact) mass is 247 g/mol. The van der Waals surface area contributed by atoms with Crippen molar-refractivity contribution in [2.24, 2.45) is 0 Å². The zero-order valence-electron chi connectivity index (χ0n) is 6.40. The smallest absolute Gasteiger partial charge is 0.325 e. The lowest BCUT2D eigenvalue weighted by molar-refractivity contribution is -0.138. The lowest BCUT2D eigenvalue weighted by Crippen LogP contribution is -2.27. The molecule has 0 fully saturated rings. The zero-order valence-corrected chi connectivity index (χ0v) is 7.98. The summed E-state index contributed by atoms with van der Waals surface area (Å²) in [6, 6.07) is 0. The van der Waals surface area contributed by atoms with Gasteiger partial charge < -0.3 is 10.8 Å². The number of halogens is 1. The first-order valence-electron chi connectivity index (χ1n) is 3.25. The highest BCUT2D eigenvalue weighted by molar-refractivity contribution is 9.10. The van der Waals surface area contributed by atoms with Gasteiger partial charge in [0, 0.05) is 0 Å². The fourth-order valence-corrected chi connectivity index (χ4v) is 1.03. The highest BCUT2D eigenvalue weighted by Crippen LogP contribution is 2.10. The number of hydrogen-bond donors (Lipinski definition) is 2. The topological polar surface area (TPSA) is 98.2 Å². The molecular weight excluding hydrogens is 242 g/mol. The molecule has 0 radical (unpaired) electrons. The van der Waals surface area contributed by atoms with E-state index >= 15 is 0 Å². The highest BCUT2D eigenvalue weighted by Gasteiger charge is 2.08. The van der Waals surface area contributed by atoms with Crippen molar-refractivity contribution in [3.8, 4) is 0 Å². The number of carboxylic acid groups (broad SMARTS) is 1. The van der Waals surface area contributed by atoms with E-state index in [1.807, 2.05) is 0 Å². The van der Waals surface area contributed by atoms with Gasteiger partial charge in [0.05, 0.1) is 11.9 Å². The van der Waals surface area contributed by atoms with Gasteiger partial charge in [0.25, 0.3) is 5.56 Å². The van der Waals surface area contributed by atoms with Gasteiger partial charge in [-0.25, -0.2) is 4.68 Å². The molecule has 70 valence electrons. The molecule has 0 aliphatic heterocycles. The lowest BCUT2D eigenvalue weighted by Gasteiger charge is -2.02. The third kappa shape index (κ3) is 2.05. The molecule has 0 aromatic carbocycles. The molecule has 0 aliphatic rings. The second kappa shape index (κ2) is 3.56. The largest absolute Gasteiger partial charge is 0.480 e. The fourth-order valence-electron chi connectivity index (χ4n) is 0.719. The van der Waals surface area contributed by atoms with E-state index in [-0.39, 0.29) is 10.2 Å². The standard InChI is InChI=1S/C6H6BrN3O3/c7-5-3(8)1-9-10(6(5)13)2-4(11)12/h1H,2,8H2,(H,11,12). The third-order valence-electron chi connectivity index (χ3n) is 1.30. The molecule has 0 saturated carbocycles. The number of nitrogen functional groups attached to an aromatic ring is 1.